The number of carbonyl (C=O) groups is 1. The van der Waals surface area contributed by atoms with Crippen LogP contribution in [0, 0.1) is 29.6 Å². The zero-order chi connectivity index (χ0) is 55.6. The molecule has 16 nitrogen and oxygen atoms in total. The molecule has 1 atom stereocenters. The Morgan fingerprint density at radius 1 is 0.640 bits per heavy atom. The van der Waals surface area contributed by atoms with Crippen LogP contribution in [0.3, 0.4) is 0 Å². The van der Waals surface area contributed by atoms with E-state index in [1.807, 2.05) is 6.92 Å². The molecule has 1 aromatic carbocycles. The summed E-state index contributed by atoms with van der Waals surface area (Å²) in [6.45, 7) is 0.980. The molecule has 8 aliphatic rings. The minimum absolute atomic E-state index is 0.00727. The van der Waals surface area contributed by atoms with E-state index in [-0.39, 0.29) is 74.8 Å². The number of halogens is 8. The first-order valence-corrected chi connectivity index (χ1v) is 33.2. The van der Waals surface area contributed by atoms with Crippen LogP contribution in [-0.4, -0.2) is 103 Å². The monoisotopic (exact) mass is 1180 g/mol. The number of hydrogen-bond donors (Lipinski definition) is 2. The first-order valence-electron chi connectivity index (χ1n) is 25.5. The zero-order valence-electron chi connectivity index (χ0n) is 41.5. The molecule has 4 bridgehead atoms. The largest absolute Gasteiger partial charge is 0.484 e. The fourth-order valence-corrected chi connectivity index (χ4v) is 19.0. The number of rotatable bonds is 16. The van der Waals surface area contributed by atoms with Crippen molar-refractivity contribution < 1.29 is 95.5 Å². The van der Waals surface area contributed by atoms with Gasteiger partial charge in [0.05, 0.1) is 12.2 Å². The Bertz CT molecular complexity index is 2790. The van der Waals surface area contributed by atoms with Gasteiger partial charge in [-0.2, -0.15) is 56.3 Å². The standard InChI is InChI=1S/C28H39F6NO7S3.C18H27F2NO7S2/c1-43(36,37)35-44(38,39)27(31,32)26(29,30)28(33,34)45(40,41)42-25-23(20-13-7-3-8-14-20)17-22(19-11-5-2-6-12-19)18-24(25)21-15-9-4-10-16-21;1-17(14-6-11-5-12(8-14)9-15(17)7-11)28-16(22)13-3-2-4-21(10-13)29(23,24)18(19,20)30(25,26)27/h17-21,35H,2-16H2,1H3;11-15H,2-10H2,1H3,(H,25,26,27). The van der Waals surface area contributed by atoms with Crippen LogP contribution in [0.25, 0.3) is 0 Å². The number of benzene rings is 1. The van der Waals surface area contributed by atoms with Crippen LogP contribution >= 0.6 is 0 Å². The molecule has 7 aliphatic carbocycles. The van der Waals surface area contributed by atoms with Gasteiger partial charge in [0.15, 0.2) is 0 Å². The Morgan fingerprint density at radius 2 is 1.08 bits per heavy atom. The fourth-order valence-electron chi connectivity index (χ4n) is 13.0. The Morgan fingerprint density at radius 3 is 1.51 bits per heavy atom. The lowest BCUT2D eigenvalue weighted by atomic mass is 9.50. The van der Waals surface area contributed by atoms with E-state index in [2.05, 4.69) is 0 Å². The molecule has 8 fully saturated rings. The van der Waals surface area contributed by atoms with Crippen LogP contribution in [0.5, 0.6) is 5.75 Å². The summed E-state index contributed by atoms with van der Waals surface area (Å²) in [5.41, 5.74) is 0.699. The summed E-state index contributed by atoms with van der Waals surface area (Å²) in [6.07, 6.45) is 17.1. The lowest BCUT2D eigenvalue weighted by Crippen LogP contribution is -2.63. The molecular weight excluding hydrogens is 1120 g/mol. The van der Waals surface area contributed by atoms with Gasteiger partial charge in [0.25, 0.3) is 20.0 Å². The van der Waals surface area contributed by atoms with Gasteiger partial charge in [-0.25, -0.2) is 25.3 Å². The minimum Gasteiger partial charge on any atom is -0.459 e. The van der Waals surface area contributed by atoms with Crippen molar-refractivity contribution in [1.82, 2.24) is 8.43 Å². The van der Waals surface area contributed by atoms with Gasteiger partial charge in [-0.15, -0.1) is 4.13 Å². The van der Waals surface area contributed by atoms with Gasteiger partial charge in [-0.05, 0) is 149 Å². The van der Waals surface area contributed by atoms with Gasteiger partial charge in [0.2, 0.25) is 10.0 Å². The molecule has 0 aromatic heterocycles. The number of sulfonamides is 3. The van der Waals surface area contributed by atoms with Crippen molar-refractivity contribution in [3.63, 3.8) is 0 Å². The van der Waals surface area contributed by atoms with Crippen molar-refractivity contribution in [2.24, 2.45) is 29.6 Å². The lowest BCUT2D eigenvalue weighted by molar-refractivity contribution is -0.245. The topological polar surface area (TPSA) is 242 Å². The van der Waals surface area contributed by atoms with Crippen molar-refractivity contribution in [1.29, 1.82) is 0 Å². The van der Waals surface area contributed by atoms with Gasteiger partial charge in [-0.3, -0.25) is 9.35 Å². The van der Waals surface area contributed by atoms with Crippen LogP contribution in [0.2, 0.25) is 0 Å². The number of nitrogens with zero attached hydrogens (tertiary/aromatic N) is 1. The summed E-state index contributed by atoms with van der Waals surface area (Å²) in [4.78, 5) is 12.9. The summed E-state index contributed by atoms with van der Waals surface area (Å²) in [6, 6.07) is 3.35. The van der Waals surface area contributed by atoms with E-state index < -0.39 is 101 Å². The van der Waals surface area contributed by atoms with Crippen molar-refractivity contribution in [2.75, 3.05) is 19.3 Å². The van der Waals surface area contributed by atoms with Crippen LogP contribution in [-0.2, 0) is 59.8 Å². The maximum atomic E-state index is 15.3. The highest BCUT2D eigenvalue weighted by Gasteiger charge is 2.83. The molecule has 9 rings (SSSR count). The van der Waals surface area contributed by atoms with Gasteiger partial charge in [-0.1, -0.05) is 69.9 Å². The van der Waals surface area contributed by atoms with Gasteiger partial charge < -0.3 is 8.92 Å². The number of nitrogens with one attached hydrogen (secondary N) is 1. The van der Waals surface area contributed by atoms with E-state index in [9.17, 15) is 73.2 Å². The molecule has 1 heterocycles. The Kier molecular flexibility index (Phi) is 17.3. The van der Waals surface area contributed by atoms with Crippen molar-refractivity contribution >= 4 is 56.3 Å². The zero-order valence-corrected chi connectivity index (χ0v) is 45.6. The third-order valence-corrected chi connectivity index (χ3v) is 24.7. The average molecular weight is 1180 g/mol. The smallest absolute Gasteiger partial charge is 0.459 e. The minimum atomic E-state index is -7.16. The molecule has 75 heavy (non-hydrogen) atoms. The van der Waals surface area contributed by atoms with E-state index in [1.165, 1.54) is 6.42 Å². The Labute approximate surface area is 434 Å². The molecule has 29 heteroatoms. The number of hydrogen-bond acceptors (Lipinski definition) is 13. The molecule has 7 saturated carbocycles. The van der Waals surface area contributed by atoms with Gasteiger partial charge in [0, 0.05) is 13.1 Å². The number of esters is 1. The summed E-state index contributed by atoms with van der Waals surface area (Å²) < 4.78 is 250. The summed E-state index contributed by atoms with van der Waals surface area (Å²) in [7, 11) is -31.2. The van der Waals surface area contributed by atoms with Gasteiger partial charge >= 0.3 is 47.2 Å². The number of piperidine rings is 1. The van der Waals surface area contributed by atoms with E-state index in [0.717, 1.165) is 102 Å². The third kappa shape index (κ3) is 11.8. The summed E-state index contributed by atoms with van der Waals surface area (Å²) in [5.74, 6) is -8.14. The molecular formula is C46H66F8N2O14S5. The van der Waals surface area contributed by atoms with E-state index in [0.29, 0.717) is 37.5 Å². The quantitative estimate of drug-likeness (QED) is 0.0678. The molecule has 0 radical (unpaired) electrons. The molecule has 2 N–H and O–H groups in total. The second-order valence-corrected chi connectivity index (χ2v) is 31.1. The molecule has 1 saturated heterocycles. The van der Waals surface area contributed by atoms with Crippen LogP contribution in [0.15, 0.2) is 12.1 Å². The first kappa shape index (κ1) is 60.2. The highest BCUT2D eigenvalue weighted by atomic mass is 32.3. The Hall–Kier alpha value is -2.44. The van der Waals surface area contributed by atoms with Crippen LogP contribution in [0.1, 0.15) is 183 Å². The van der Waals surface area contributed by atoms with E-state index >= 15 is 8.78 Å². The molecule has 0 spiro atoms. The lowest BCUT2D eigenvalue weighted by Gasteiger charge is -2.59. The second-order valence-electron chi connectivity index (χ2n) is 22.1. The Balaban J connectivity index is 0.000000236. The van der Waals surface area contributed by atoms with Crippen LogP contribution < -0.4 is 8.31 Å². The maximum Gasteiger partial charge on any atom is 0.484 e. The molecule has 0 amide bonds. The van der Waals surface area contributed by atoms with E-state index in [4.69, 9.17) is 13.5 Å². The highest BCUT2D eigenvalue weighted by molar-refractivity contribution is 8.06. The van der Waals surface area contributed by atoms with E-state index in [1.54, 1.807) is 12.1 Å². The third-order valence-electron chi connectivity index (χ3n) is 16.9. The maximum absolute atomic E-state index is 15.3. The number of alkyl halides is 8. The predicted molar refractivity (Wildman–Crippen MR) is 256 cm³/mol. The second kappa shape index (κ2) is 21.6. The molecule has 1 aliphatic heterocycles. The molecule has 1 aromatic rings. The highest BCUT2D eigenvalue weighted by Crippen LogP contribution is 2.60. The summed E-state index contributed by atoms with van der Waals surface area (Å²) >= 11 is 0. The first-order chi connectivity index (χ1) is 34.5. The van der Waals surface area contributed by atoms with Crippen LogP contribution in [0.4, 0.5) is 35.1 Å². The number of carbonyl (C=O) groups excluding carboxylic acids is 1. The summed E-state index contributed by atoms with van der Waals surface area (Å²) in [5, 5.41) is -13.7. The predicted octanol–water partition coefficient (Wildman–Crippen LogP) is 9.46. The van der Waals surface area contributed by atoms with Gasteiger partial charge in [0.1, 0.15) is 11.4 Å². The molecule has 430 valence electrons. The molecule has 1 unspecified atom stereocenters. The van der Waals surface area contributed by atoms with Crippen molar-refractivity contribution in [2.45, 2.75) is 193 Å². The number of ether oxygens (including phenoxy) is 1. The fraction of sp³-hybridized carbons (Fsp3) is 0.848. The van der Waals surface area contributed by atoms with Crippen molar-refractivity contribution in [3.05, 3.63) is 28.8 Å². The van der Waals surface area contributed by atoms with Crippen molar-refractivity contribution in [3.8, 4) is 5.75 Å². The average Bonchev–Trinajstić information content (AvgIpc) is 3.32. The normalized spacial score (nSPS) is 28.6. The SMILES string of the molecule is CC1(OC(=O)C2CCCN(S(=O)(=O)C(F)(F)S(=O)(=O)O)C2)C2CC3CC(C2)CC1C3.CS(=O)(=O)NS(=O)(=O)C(F)(F)C(F)(F)C(F)(F)S(=O)(=O)Oc1c(C2CCCCC2)cc(C2CCCCC2)cc1C1CCCCC1.